The molecule has 0 atom stereocenters. The highest BCUT2D eigenvalue weighted by Gasteiger charge is 2.17. The van der Waals surface area contributed by atoms with E-state index in [1.165, 1.54) is 11.8 Å². The summed E-state index contributed by atoms with van der Waals surface area (Å²) in [4.78, 5) is 14.0. The highest BCUT2D eigenvalue weighted by atomic mass is 32.2. The SMILES string of the molecule is COc1ccc(-c2ccc(SCC(=O)N3CCOCC3)nn2)c(OC)c1. The van der Waals surface area contributed by atoms with Crippen molar-refractivity contribution < 1.29 is 19.0 Å². The molecule has 0 radical (unpaired) electrons. The lowest BCUT2D eigenvalue weighted by atomic mass is 10.1. The highest BCUT2D eigenvalue weighted by molar-refractivity contribution is 7.99. The van der Waals surface area contributed by atoms with E-state index in [9.17, 15) is 4.79 Å². The van der Waals surface area contributed by atoms with E-state index in [1.807, 2.05) is 29.2 Å². The molecule has 26 heavy (non-hydrogen) atoms. The Kier molecular flexibility index (Phi) is 6.30. The molecule has 7 nitrogen and oxygen atoms in total. The maximum atomic E-state index is 12.2. The Hall–Kier alpha value is -2.32. The molecule has 1 fully saturated rings. The van der Waals surface area contributed by atoms with Gasteiger partial charge in [-0.1, -0.05) is 11.8 Å². The molecule has 1 aromatic heterocycles. The van der Waals surface area contributed by atoms with Gasteiger partial charge in [-0.2, -0.15) is 0 Å². The summed E-state index contributed by atoms with van der Waals surface area (Å²) in [5, 5.41) is 9.20. The zero-order chi connectivity index (χ0) is 18.4. The van der Waals surface area contributed by atoms with E-state index in [0.29, 0.717) is 54.3 Å². The van der Waals surface area contributed by atoms with E-state index in [1.54, 1.807) is 20.3 Å². The summed E-state index contributed by atoms with van der Waals surface area (Å²) in [6.07, 6.45) is 0. The summed E-state index contributed by atoms with van der Waals surface area (Å²) < 4.78 is 15.9. The molecule has 3 rings (SSSR count). The van der Waals surface area contributed by atoms with Crippen LogP contribution in [0.1, 0.15) is 0 Å². The summed E-state index contributed by atoms with van der Waals surface area (Å²) in [5.74, 6) is 1.83. The van der Waals surface area contributed by atoms with E-state index in [2.05, 4.69) is 10.2 Å². The van der Waals surface area contributed by atoms with Crippen LogP contribution >= 0.6 is 11.8 Å². The third kappa shape index (κ3) is 4.44. The third-order valence-corrected chi connectivity index (χ3v) is 4.94. The van der Waals surface area contributed by atoms with Gasteiger partial charge in [-0.25, -0.2) is 0 Å². The lowest BCUT2D eigenvalue weighted by Crippen LogP contribution is -2.41. The topological polar surface area (TPSA) is 73.8 Å². The number of rotatable bonds is 6. The van der Waals surface area contributed by atoms with Crippen molar-refractivity contribution in [3.63, 3.8) is 0 Å². The van der Waals surface area contributed by atoms with E-state index in [0.717, 1.165) is 5.56 Å². The van der Waals surface area contributed by atoms with Crippen molar-refractivity contribution in [2.45, 2.75) is 5.03 Å². The largest absolute Gasteiger partial charge is 0.497 e. The maximum absolute atomic E-state index is 12.2. The molecular formula is C18H21N3O4S. The molecule has 0 spiro atoms. The highest BCUT2D eigenvalue weighted by Crippen LogP contribution is 2.32. The molecule has 1 aliphatic rings. The van der Waals surface area contributed by atoms with Gasteiger partial charge >= 0.3 is 0 Å². The quantitative estimate of drug-likeness (QED) is 0.716. The van der Waals surface area contributed by atoms with Gasteiger partial charge in [-0.05, 0) is 24.3 Å². The first-order valence-corrected chi connectivity index (χ1v) is 9.24. The molecule has 8 heteroatoms. The molecule has 0 saturated carbocycles. The molecule has 0 aliphatic carbocycles. The molecule has 0 unspecified atom stereocenters. The monoisotopic (exact) mass is 375 g/mol. The number of methoxy groups -OCH3 is 2. The van der Waals surface area contributed by atoms with Crippen LogP contribution in [0.5, 0.6) is 11.5 Å². The number of carbonyl (C=O) groups excluding carboxylic acids is 1. The van der Waals surface area contributed by atoms with Crippen LogP contribution in [0.4, 0.5) is 0 Å². The molecule has 1 aromatic carbocycles. The number of benzene rings is 1. The predicted molar refractivity (Wildman–Crippen MR) is 98.7 cm³/mol. The van der Waals surface area contributed by atoms with E-state index in [4.69, 9.17) is 14.2 Å². The third-order valence-electron chi connectivity index (χ3n) is 4.03. The van der Waals surface area contributed by atoms with Crippen LogP contribution in [0.3, 0.4) is 0 Å². The minimum atomic E-state index is 0.0981. The number of hydrogen-bond donors (Lipinski definition) is 0. The van der Waals surface area contributed by atoms with Crippen LogP contribution in [-0.4, -0.2) is 67.3 Å². The molecule has 1 amide bonds. The fourth-order valence-corrected chi connectivity index (χ4v) is 3.31. The van der Waals surface area contributed by atoms with E-state index >= 15 is 0 Å². The van der Waals surface area contributed by atoms with Gasteiger partial charge in [0.2, 0.25) is 5.91 Å². The van der Waals surface area contributed by atoms with Crippen LogP contribution in [0.25, 0.3) is 11.3 Å². The minimum absolute atomic E-state index is 0.0981. The van der Waals surface area contributed by atoms with Crippen molar-refractivity contribution in [1.82, 2.24) is 15.1 Å². The van der Waals surface area contributed by atoms with Gasteiger partial charge in [-0.3, -0.25) is 4.79 Å². The predicted octanol–water partition coefficient (Wildman–Crippen LogP) is 2.11. The average molecular weight is 375 g/mol. The standard InChI is InChI=1S/C18H21N3O4S/c1-23-13-3-4-14(16(11-13)24-2)15-5-6-17(20-19-15)26-12-18(22)21-7-9-25-10-8-21/h3-6,11H,7-10,12H2,1-2H3. The van der Waals surface area contributed by atoms with Crippen molar-refractivity contribution in [2.75, 3.05) is 46.3 Å². The van der Waals surface area contributed by atoms with E-state index in [-0.39, 0.29) is 5.91 Å². The van der Waals surface area contributed by atoms with Crippen molar-refractivity contribution in [3.05, 3.63) is 30.3 Å². The Bertz CT molecular complexity index is 749. The van der Waals surface area contributed by atoms with Crippen molar-refractivity contribution >= 4 is 17.7 Å². The number of morpholine rings is 1. The smallest absolute Gasteiger partial charge is 0.233 e. The van der Waals surface area contributed by atoms with Crippen molar-refractivity contribution in [3.8, 4) is 22.8 Å². The van der Waals surface area contributed by atoms with Crippen LogP contribution in [0.2, 0.25) is 0 Å². The molecule has 1 saturated heterocycles. The maximum Gasteiger partial charge on any atom is 0.233 e. The number of aromatic nitrogens is 2. The fourth-order valence-electron chi connectivity index (χ4n) is 2.59. The molecule has 0 N–H and O–H groups in total. The number of amides is 1. The van der Waals surface area contributed by atoms with Crippen molar-refractivity contribution in [2.24, 2.45) is 0 Å². The van der Waals surface area contributed by atoms with Crippen LogP contribution < -0.4 is 9.47 Å². The van der Waals surface area contributed by atoms with Gasteiger partial charge in [0.25, 0.3) is 0 Å². The Balaban J connectivity index is 1.64. The van der Waals surface area contributed by atoms with Gasteiger partial charge < -0.3 is 19.1 Å². The van der Waals surface area contributed by atoms with Gasteiger partial charge in [-0.15, -0.1) is 10.2 Å². The molecule has 2 heterocycles. The average Bonchev–Trinajstić information content (AvgIpc) is 2.72. The Morgan fingerprint density at radius 1 is 1.15 bits per heavy atom. The molecule has 0 bridgehead atoms. The zero-order valence-electron chi connectivity index (χ0n) is 14.8. The summed E-state index contributed by atoms with van der Waals surface area (Å²) in [7, 11) is 3.21. The summed E-state index contributed by atoms with van der Waals surface area (Å²) in [6.45, 7) is 2.52. The number of hydrogen-bond acceptors (Lipinski definition) is 7. The number of carbonyl (C=O) groups is 1. The number of ether oxygens (including phenoxy) is 3. The van der Waals surface area contributed by atoms with Crippen molar-refractivity contribution in [1.29, 1.82) is 0 Å². The second kappa shape index (κ2) is 8.86. The first-order chi connectivity index (χ1) is 12.7. The Morgan fingerprint density at radius 2 is 1.96 bits per heavy atom. The lowest BCUT2D eigenvalue weighted by Gasteiger charge is -2.26. The normalized spacial score (nSPS) is 14.2. The second-order valence-corrected chi connectivity index (χ2v) is 6.60. The van der Waals surface area contributed by atoms with E-state index < -0.39 is 0 Å². The van der Waals surface area contributed by atoms with Gasteiger partial charge in [0.1, 0.15) is 16.5 Å². The van der Waals surface area contributed by atoms with Gasteiger partial charge in [0.15, 0.2) is 0 Å². The zero-order valence-corrected chi connectivity index (χ0v) is 15.6. The second-order valence-electron chi connectivity index (χ2n) is 5.60. The molecular weight excluding hydrogens is 354 g/mol. The summed E-state index contributed by atoms with van der Waals surface area (Å²) in [6, 6.07) is 9.28. The first kappa shape index (κ1) is 18.5. The van der Waals surface area contributed by atoms with Crippen LogP contribution in [0, 0.1) is 0 Å². The Morgan fingerprint density at radius 3 is 2.62 bits per heavy atom. The molecule has 2 aromatic rings. The summed E-state index contributed by atoms with van der Waals surface area (Å²) >= 11 is 1.39. The Labute approximate surface area is 156 Å². The number of thioether (sulfide) groups is 1. The first-order valence-electron chi connectivity index (χ1n) is 8.25. The van der Waals surface area contributed by atoms with Gasteiger partial charge in [0.05, 0.1) is 38.9 Å². The van der Waals surface area contributed by atoms with Gasteiger partial charge in [0, 0.05) is 24.7 Å². The minimum Gasteiger partial charge on any atom is -0.497 e. The number of nitrogens with zero attached hydrogens (tertiary/aromatic N) is 3. The summed E-state index contributed by atoms with van der Waals surface area (Å²) in [5.41, 5.74) is 1.54. The fraction of sp³-hybridized carbons (Fsp3) is 0.389. The molecule has 138 valence electrons. The van der Waals surface area contributed by atoms with Crippen LogP contribution in [0.15, 0.2) is 35.4 Å². The van der Waals surface area contributed by atoms with Crippen LogP contribution in [-0.2, 0) is 9.53 Å². The molecule has 1 aliphatic heterocycles. The lowest BCUT2D eigenvalue weighted by molar-refractivity contribution is -0.132.